The highest BCUT2D eigenvalue weighted by molar-refractivity contribution is 9.10. The predicted octanol–water partition coefficient (Wildman–Crippen LogP) is 3.54. The number of halogens is 3. The summed E-state index contributed by atoms with van der Waals surface area (Å²) in [5.74, 6) is 0. The van der Waals surface area contributed by atoms with Crippen molar-refractivity contribution in [3.05, 3.63) is 50.2 Å². The van der Waals surface area contributed by atoms with Crippen molar-refractivity contribution in [2.45, 2.75) is 6.04 Å². The second-order valence-electron chi connectivity index (χ2n) is 3.61. The molecule has 90 valence electrons. The van der Waals surface area contributed by atoms with Gasteiger partial charge in [0, 0.05) is 22.7 Å². The Bertz CT molecular complexity index is 514. The third kappa shape index (κ3) is 2.36. The predicted molar refractivity (Wildman–Crippen MR) is 73.4 cm³/mol. The van der Waals surface area contributed by atoms with Crippen molar-refractivity contribution in [2.75, 3.05) is 0 Å². The summed E-state index contributed by atoms with van der Waals surface area (Å²) in [5.41, 5.74) is 7.75. The van der Waals surface area contributed by atoms with Crippen LogP contribution < -0.4 is 5.73 Å². The zero-order chi connectivity index (χ0) is 12.6. The largest absolute Gasteiger partial charge is 0.319 e. The number of aryl methyl sites for hydroxylation is 1. The number of aromatic nitrogens is 2. The van der Waals surface area contributed by atoms with E-state index in [2.05, 4.69) is 21.0 Å². The van der Waals surface area contributed by atoms with E-state index in [0.29, 0.717) is 15.6 Å². The molecule has 1 unspecified atom stereocenters. The maximum Gasteiger partial charge on any atom is 0.0764 e. The average Bonchev–Trinajstić information content (AvgIpc) is 2.58. The number of hydrogen-bond donors (Lipinski definition) is 1. The van der Waals surface area contributed by atoms with Gasteiger partial charge < -0.3 is 5.73 Å². The van der Waals surface area contributed by atoms with E-state index in [1.807, 2.05) is 7.05 Å². The van der Waals surface area contributed by atoms with Gasteiger partial charge in [0.25, 0.3) is 0 Å². The fourth-order valence-electron chi connectivity index (χ4n) is 1.71. The Labute approximate surface area is 118 Å². The molecule has 17 heavy (non-hydrogen) atoms. The lowest BCUT2D eigenvalue weighted by Gasteiger charge is -2.16. The summed E-state index contributed by atoms with van der Waals surface area (Å²) in [7, 11) is 1.82. The van der Waals surface area contributed by atoms with Crippen LogP contribution in [0.25, 0.3) is 0 Å². The Hall–Kier alpha value is -0.550. The Morgan fingerprint density at radius 1 is 1.35 bits per heavy atom. The molecule has 6 heteroatoms. The molecule has 2 aromatic rings. The summed E-state index contributed by atoms with van der Waals surface area (Å²) in [6.07, 6.45) is 1.69. The van der Waals surface area contributed by atoms with Crippen molar-refractivity contribution in [3.8, 4) is 0 Å². The van der Waals surface area contributed by atoms with Crippen LogP contribution in [0.15, 0.2) is 28.9 Å². The molecule has 0 aliphatic heterocycles. The second-order valence-corrected chi connectivity index (χ2v) is 5.28. The van der Waals surface area contributed by atoms with Crippen LogP contribution in [0.1, 0.15) is 17.3 Å². The Kier molecular flexibility index (Phi) is 3.78. The van der Waals surface area contributed by atoms with Gasteiger partial charge in [0.2, 0.25) is 0 Å². The lowest BCUT2D eigenvalue weighted by molar-refractivity contribution is 0.671. The average molecular weight is 335 g/mol. The van der Waals surface area contributed by atoms with E-state index < -0.39 is 6.04 Å². The van der Waals surface area contributed by atoms with Crippen LogP contribution in [0.5, 0.6) is 0 Å². The number of rotatable bonds is 2. The summed E-state index contributed by atoms with van der Waals surface area (Å²) in [6.45, 7) is 0. The molecule has 2 rings (SSSR count). The number of benzene rings is 1. The van der Waals surface area contributed by atoms with Gasteiger partial charge in [0.15, 0.2) is 0 Å². The smallest absolute Gasteiger partial charge is 0.0764 e. The molecule has 1 aromatic carbocycles. The molecule has 0 saturated carbocycles. The summed E-state index contributed by atoms with van der Waals surface area (Å²) >= 11 is 15.7. The number of hydrogen-bond acceptors (Lipinski definition) is 2. The monoisotopic (exact) mass is 333 g/mol. The lowest BCUT2D eigenvalue weighted by Crippen LogP contribution is -2.17. The maximum atomic E-state index is 6.20. The summed E-state index contributed by atoms with van der Waals surface area (Å²) in [4.78, 5) is 0. The minimum absolute atomic E-state index is 0.418. The molecule has 2 N–H and O–H groups in total. The van der Waals surface area contributed by atoms with Gasteiger partial charge in [-0.25, -0.2) is 0 Å². The second kappa shape index (κ2) is 4.98. The zero-order valence-corrected chi connectivity index (χ0v) is 12.1. The Balaban J connectivity index is 2.55. The van der Waals surface area contributed by atoms with Gasteiger partial charge >= 0.3 is 0 Å². The van der Waals surface area contributed by atoms with Crippen LogP contribution in [0.3, 0.4) is 0 Å². The minimum atomic E-state index is -0.418. The third-order valence-electron chi connectivity index (χ3n) is 2.54. The molecule has 0 amide bonds. The molecule has 0 saturated heterocycles. The highest BCUT2D eigenvalue weighted by Crippen LogP contribution is 2.34. The summed E-state index contributed by atoms with van der Waals surface area (Å²) < 4.78 is 2.54. The molecular weight excluding hydrogens is 325 g/mol. The molecule has 0 aliphatic rings. The van der Waals surface area contributed by atoms with E-state index in [-0.39, 0.29) is 0 Å². The fraction of sp³-hybridized carbons (Fsp3) is 0.182. The molecule has 1 atom stereocenters. The topological polar surface area (TPSA) is 43.8 Å². The maximum absolute atomic E-state index is 6.20. The normalized spacial score (nSPS) is 12.8. The van der Waals surface area contributed by atoms with Gasteiger partial charge in [-0.3, -0.25) is 4.68 Å². The highest BCUT2D eigenvalue weighted by Gasteiger charge is 2.21. The van der Waals surface area contributed by atoms with Gasteiger partial charge in [-0.2, -0.15) is 5.10 Å². The lowest BCUT2D eigenvalue weighted by atomic mass is 10.0. The van der Waals surface area contributed by atoms with Crippen LogP contribution in [0, 0.1) is 0 Å². The Morgan fingerprint density at radius 2 is 1.94 bits per heavy atom. The molecule has 0 fully saturated rings. The fourth-order valence-corrected chi connectivity index (χ4v) is 2.94. The third-order valence-corrected chi connectivity index (χ3v) is 3.81. The summed E-state index contributed by atoms with van der Waals surface area (Å²) in [6, 6.07) is 4.91. The molecule has 1 aromatic heterocycles. The van der Waals surface area contributed by atoms with E-state index in [0.717, 1.165) is 10.2 Å². The van der Waals surface area contributed by atoms with E-state index in [1.54, 1.807) is 29.1 Å². The zero-order valence-electron chi connectivity index (χ0n) is 8.99. The molecule has 1 heterocycles. The quantitative estimate of drug-likeness (QED) is 0.912. The minimum Gasteiger partial charge on any atom is -0.319 e. The van der Waals surface area contributed by atoms with Crippen LogP contribution in [-0.4, -0.2) is 9.78 Å². The first-order valence-electron chi connectivity index (χ1n) is 4.89. The van der Waals surface area contributed by atoms with Crippen LogP contribution in [0.2, 0.25) is 10.0 Å². The van der Waals surface area contributed by atoms with E-state index in [9.17, 15) is 0 Å². The van der Waals surface area contributed by atoms with E-state index in [4.69, 9.17) is 28.9 Å². The van der Waals surface area contributed by atoms with Gasteiger partial charge in [0.1, 0.15) is 0 Å². The van der Waals surface area contributed by atoms with Crippen molar-refractivity contribution < 1.29 is 0 Å². The molecule has 0 bridgehead atoms. The Morgan fingerprint density at radius 3 is 2.41 bits per heavy atom. The van der Waals surface area contributed by atoms with Crippen molar-refractivity contribution >= 4 is 39.1 Å². The first-order chi connectivity index (χ1) is 8.02. The van der Waals surface area contributed by atoms with Gasteiger partial charge in [-0.15, -0.1) is 0 Å². The van der Waals surface area contributed by atoms with E-state index >= 15 is 0 Å². The van der Waals surface area contributed by atoms with Crippen molar-refractivity contribution in [1.82, 2.24) is 9.78 Å². The van der Waals surface area contributed by atoms with Crippen LogP contribution >= 0.6 is 39.1 Å². The van der Waals surface area contributed by atoms with Crippen LogP contribution in [0.4, 0.5) is 0 Å². The van der Waals surface area contributed by atoms with Crippen molar-refractivity contribution in [3.63, 3.8) is 0 Å². The molecule has 0 aliphatic carbocycles. The van der Waals surface area contributed by atoms with Crippen LogP contribution in [-0.2, 0) is 7.05 Å². The van der Waals surface area contributed by atoms with Gasteiger partial charge in [0.05, 0.1) is 22.4 Å². The van der Waals surface area contributed by atoms with Gasteiger partial charge in [-0.1, -0.05) is 29.3 Å². The standard InChI is InChI=1S/C11H10BrCl2N3/c1-17-11(6(12)5-16-17)10(15)9-7(13)3-2-4-8(9)14/h2-5,10H,15H2,1H3. The van der Waals surface area contributed by atoms with E-state index in [1.165, 1.54) is 0 Å². The highest BCUT2D eigenvalue weighted by atomic mass is 79.9. The molecule has 3 nitrogen and oxygen atoms in total. The van der Waals surface area contributed by atoms with Crippen molar-refractivity contribution in [2.24, 2.45) is 12.8 Å². The SMILES string of the molecule is Cn1ncc(Br)c1C(N)c1c(Cl)cccc1Cl. The molecule has 0 radical (unpaired) electrons. The van der Waals surface area contributed by atoms with Gasteiger partial charge in [-0.05, 0) is 28.1 Å². The summed E-state index contributed by atoms with van der Waals surface area (Å²) in [5, 5.41) is 5.23. The molecule has 0 spiro atoms. The first kappa shape index (κ1) is 12.9. The van der Waals surface area contributed by atoms with Crippen molar-refractivity contribution in [1.29, 1.82) is 0 Å². The number of nitrogens with zero attached hydrogens (tertiary/aromatic N) is 2. The molecular formula is C11H10BrCl2N3. The number of nitrogens with two attached hydrogens (primary N) is 1. The first-order valence-corrected chi connectivity index (χ1v) is 6.44.